The molecule has 0 saturated heterocycles. The first-order chi connectivity index (χ1) is 23.4. The Morgan fingerprint density at radius 3 is 2.20 bits per heavy atom. The van der Waals surface area contributed by atoms with E-state index in [1.165, 1.54) is 37.3 Å². The summed E-state index contributed by atoms with van der Waals surface area (Å²) in [4.78, 5) is 30.2. The molecule has 0 aliphatic rings. The number of methoxy groups -OCH3 is 2. The van der Waals surface area contributed by atoms with Gasteiger partial charge in [-0.15, -0.1) is 0 Å². The molecule has 2 atom stereocenters. The Hall–Kier alpha value is -4.25. The molecule has 9 nitrogen and oxygen atoms in total. The minimum absolute atomic E-state index is 0.0292. The van der Waals surface area contributed by atoms with Gasteiger partial charge in [0.25, 0.3) is 10.0 Å². The fourth-order valence-electron chi connectivity index (χ4n) is 5.17. The van der Waals surface area contributed by atoms with E-state index in [2.05, 4.69) is 5.32 Å². The van der Waals surface area contributed by atoms with Crippen LogP contribution >= 0.6 is 23.2 Å². The highest BCUT2D eigenvalue weighted by atomic mass is 35.5. The number of anilines is 1. The smallest absolute Gasteiger partial charge is 0.264 e. The topological polar surface area (TPSA) is 105 Å². The number of hydrogen-bond acceptors (Lipinski definition) is 6. The van der Waals surface area contributed by atoms with E-state index in [9.17, 15) is 18.0 Å². The molecule has 12 heteroatoms. The first-order valence-electron chi connectivity index (χ1n) is 15.8. The number of nitrogens with zero attached hydrogens (tertiary/aromatic N) is 2. The number of sulfonamides is 1. The molecule has 49 heavy (non-hydrogen) atoms. The maximum atomic E-state index is 14.8. The summed E-state index contributed by atoms with van der Waals surface area (Å²) in [6, 6.07) is 24.0. The molecule has 2 amide bonds. The highest BCUT2D eigenvalue weighted by molar-refractivity contribution is 7.92. The molecule has 0 fully saturated rings. The van der Waals surface area contributed by atoms with Gasteiger partial charge in [0.2, 0.25) is 11.8 Å². The molecular formula is C37H41Cl2N3O6S. The maximum absolute atomic E-state index is 14.8. The van der Waals surface area contributed by atoms with Gasteiger partial charge < -0.3 is 19.7 Å². The molecule has 0 aliphatic heterocycles. The average Bonchev–Trinajstić information content (AvgIpc) is 3.09. The van der Waals surface area contributed by atoms with Crippen LogP contribution in [0.1, 0.15) is 37.0 Å². The molecule has 0 saturated carbocycles. The second kappa shape index (κ2) is 16.9. The normalized spacial score (nSPS) is 12.5. The third-order valence-corrected chi connectivity index (χ3v) is 10.5. The number of carbonyl (C=O) groups excluding carboxylic acids is 2. The fraction of sp³-hybridized carbons (Fsp3) is 0.297. The van der Waals surface area contributed by atoms with Crippen molar-refractivity contribution in [2.75, 3.05) is 25.1 Å². The van der Waals surface area contributed by atoms with Crippen LogP contribution in [0.4, 0.5) is 5.69 Å². The Morgan fingerprint density at radius 2 is 1.59 bits per heavy atom. The zero-order valence-electron chi connectivity index (χ0n) is 28.2. The summed E-state index contributed by atoms with van der Waals surface area (Å²) in [6.07, 6.45) is 0.826. The van der Waals surface area contributed by atoms with Crippen LogP contribution in [0, 0.1) is 6.92 Å². The molecular weight excluding hydrogens is 685 g/mol. The second-order valence-corrected chi connectivity index (χ2v) is 14.3. The summed E-state index contributed by atoms with van der Waals surface area (Å²) >= 11 is 12.8. The van der Waals surface area contributed by atoms with Gasteiger partial charge in [-0.3, -0.25) is 13.9 Å². The number of rotatable bonds is 15. The molecule has 0 aromatic heterocycles. The summed E-state index contributed by atoms with van der Waals surface area (Å²) < 4.78 is 40.9. The zero-order valence-corrected chi connectivity index (χ0v) is 30.5. The standard InChI is InChI=1S/C37H41Cl2N3O6S/c1-6-26(3)40-37(44)34(20-27-10-8-7-9-11-27)41(23-28-14-15-29(38)21-32(28)39)36(43)24-42(33-22-30(47-4)16-19-35(33)48-5)49(45,46)31-17-12-25(2)13-18-31/h7-19,21-22,26,34H,6,20,23-24H2,1-5H3,(H,40,44)/t26-,34-/m0/s1. The van der Waals surface area contributed by atoms with Crippen LogP contribution in [0.15, 0.2) is 95.9 Å². The first kappa shape index (κ1) is 37.6. The minimum atomic E-state index is -4.37. The van der Waals surface area contributed by atoms with Gasteiger partial charge in [-0.05, 0) is 67.8 Å². The Kier molecular flexibility index (Phi) is 13.0. The van der Waals surface area contributed by atoms with Crippen LogP contribution in [0.25, 0.3) is 0 Å². The van der Waals surface area contributed by atoms with Crippen molar-refractivity contribution in [3.63, 3.8) is 0 Å². The monoisotopic (exact) mass is 725 g/mol. The van der Waals surface area contributed by atoms with Gasteiger partial charge in [-0.2, -0.15) is 0 Å². The molecule has 0 spiro atoms. The molecule has 0 unspecified atom stereocenters. The summed E-state index contributed by atoms with van der Waals surface area (Å²) in [5.41, 5.74) is 2.29. The Labute approximate surface area is 298 Å². The van der Waals surface area contributed by atoms with E-state index >= 15 is 0 Å². The number of amides is 2. The number of hydrogen-bond donors (Lipinski definition) is 1. The third-order valence-electron chi connectivity index (χ3n) is 8.17. The van der Waals surface area contributed by atoms with E-state index in [1.54, 1.807) is 42.5 Å². The van der Waals surface area contributed by atoms with Crippen molar-refractivity contribution in [1.29, 1.82) is 0 Å². The molecule has 1 N–H and O–H groups in total. The Bertz CT molecular complexity index is 1860. The second-order valence-electron chi connectivity index (χ2n) is 11.6. The molecule has 4 rings (SSSR count). The zero-order chi connectivity index (χ0) is 35.7. The number of carbonyl (C=O) groups is 2. The van der Waals surface area contributed by atoms with Crippen molar-refractivity contribution in [1.82, 2.24) is 10.2 Å². The highest BCUT2D eigenvalue weighted by Crippen LogP contribution is 2.36. The van der Waals surface area contributed by atoms with E-state index in [1.807, 2.05) is 51.1 Å². The van der Waals surface area contributed by atoms with Crippen molar-refractivity contribution < 1.29 is 27.5 Å². The number of nitrogens with one attached hydrogen (secondary N) is 1. The van der Waals surface area contributed by atoms with Gasteiger partial charge in [-0.1, -0.05) is 84.2 Å². The van der Waals surface area contributed by atoms with E-state index in [0.29, 0.717) is 27.8 Å². The maximum Gasteiger partial charge on any atom is 0.264 e. The van der Waals surface area contributed by atoms with Crippen LogP contribution in [0.2, 0.25) is 10.0 Å². The summed E-state index contributed by atoms with van der Waals surface area (Å²) in [6.45, 7) is 4.90. The van der Waals surface area contributed by atoms with Gasteiger partial charge in [0.05, 0.1) is 24.8 Å². The summed E-state index contributed by atoms with van der Waals surface area (Å²) in [5, 5.41) is 3.72. The summed E-state index contributed by atoms with van der Waals surface area (Å²) in [7, 11) is -1.50. The molecule has 4 aromatic carbocycles. The minimum Gasteiger partial charge on any atom is -0.497 e. The Balaban J connectivity index is 1.89. The van der Waals surface area contributed by atoms with E-state index < -0.39 is 28.5 Å². The predicted molar refractivity (Wildman–Crippen MR) is 194 cm³/mol. The van der Waals surface area contributed by atoms with E-state index in [-0.39, 0.29) is 41.2 Å². The lowest BCUT2D eigenvalue weighted by atomic mass is 10.0. The van der Waals surface area contributed by atoms with Crippen LogP contribution in [-0.2, 0) is 32.6 Å². The first-order valence-corrected chi connectivity index (χ1v) is 18.0. The lowest BCUT2D eigenvalue weighted by molar-refractivity contribution is -0.140. The van der Waals surface area contributed by atoms with Crippen LogP contribution < -0.4 is 19.1 Å². The molecule has 4 aromatic rings. The van der Waals surface area contributed by atoms with Gasteiger partial charge in [0.15, 0.2) is 0 Å². The number of halogens is 2. The van der Waals surface area contributed by atoms with Crippen LogP contribution in [0.5, 0.6) is 11.5 Å². The molecule has 0 radical (unpaired) electrons. The molecule has 0 aliphatic carbocycles. The molecule has 0 bridgehead atoms. The third kappa shape index (κ3) is 9.47. The molecule has 0 heterocycles. The van der Waals surface area contributed by atoms with Crippen molar-refractivity contribution in [3.8, 4) is 11.5 Å². The van der Waals surface area contributed by atoms with Crippen molar-refractivity contribution in [2.24, 2.45) is 0 Å². The number of aryl methyl sites for hydroxylation is 1. The summed E-state index contributed by atoms with van der Waals surface area (Å²) in [5.74, 6) is -0.477. The number of ether oxygens (including phenoxy) is 2. The van der Waals surface area contributed by atoms with Gasteiger partial charge in [0.1, 0.15) is 24.1 Å². The Morgan fingerprint density at radius 1 is 0.898 bits per heavy atom. The van der Waals surface area contributed by atoms with Crippen LogP contribution in [0.3, 0.4) is 0 Å². The SMILES string of the molecule is CC[C@H](C)NC(=O)[C@H](Cc1ccccc1)N(Cc1ccc(Cl)cc1Cl)C(=O)CN(c1cc(OC)ccc1OC)S(=O)(=O)c1ccc(C)cc1. The van der Waals surface area contributed by atoms with Crippen LogP contribution in [-0.4, -0.2) is 58.0 Å². The van der Waals surface area contributed by atoms with E-state index in [4.69, 9.17) is 32.7 Å². The quantitative estimate of drug-likeness (QED) is 0.141. The largest absolute Gasteiger partial charge is 0.497 e. The van der Waals surface area contributed by atoms with Gasteiger partial charge >= 0.3 is 0 Å². The van der Waals surface area contributed by atoms with E-state index in [0.717, 1.165) is 15.4 Å². The van der Waals surface area contributed by atoms with Gasteiger partial charge in [0, 0.05) is 35.1 Å². The van der Waals surface area contributed by atoms with Crippen molar-refractivity contribution in [2.45, 2.75) is 57.1 Å². The van der Waals surface area contributed by atoms with Crippen molar-refractivity contribution in [3.05, 3.63) is 118 Å². The highest BCUT2D eigenvalue weighted by Gasteiger charge is 2.36. The lowest BCUT2D eigenvalue weighted by Gasteiger charge is -2.34. The van der Waals surface area contributed by atoms with Crippen molar-refractivity contribution >= 4 is 50.7 Å². The fourth-order valence-corrected chi connectivity index (χ4v) is 7.06. The number of benzene rings is 4. The molecule has 260 valence electrons. The van der Waals surface area contributed by atoms with Gasteiger partial charge in [-0.25, -0.2) is 8.42 Å². The predicted octanol–water partition coefficient (Wildman–Crippen LogP) is 7.07. The lowest BCUT2D eigenvalue weighted by Crippen LogP contribution is -2.54. The average molecular weight is 727 g/mol.